The van der Waals surface area contributed by atoms with Gasteiger partial charge >= 0.3 is 5.97 Å². The molecule has 0 heterocycles. The van der Waals surface area contributed by atoms with Crippen LogP contribution in [0.25, 0.3) is 0 Å². The minimum Gasteiger partial charge on any atom is -0.480 e. The first-order valence-electron chi connectivity index (χ1n) is 7.18. The van der Waals surface area contributed by atoms with Crippen LogP contribution in [0.3, 0.4) is 0 Å². The number of carboxylic acids is 1. The third-order valence-corrected chi connectivity index (χ3v) is 3.83. The van der Waals surface area contributed by atoms with Crippen LogP contribution in [0.15, 0.2) is 24.3 Å². The van der Waals surface area contributed by atoms with Crippen LogP contribution < -0.4 is 4.90 Å². The van der Waals surface area contributed by atoms with Crippen molar-refractivity contribution in [3.8, 4) is 0 Å². The first-order chi connectivity index (χ1) is 9.90. The van der Waals surface area contributed by atoms with Gasteiger partial charge in [0.2, 0.25) is 5.91 Å². The van der Waals surface area contributed by atoms with Crippen LogP contribution in [0.5, 0.6) is 0 Å². The summed E-state index contributed by atoms with van der Waals surface area (Å²) in [6, 6.07) is 4.07. The molecule has 1 aromatic carbocycles. The van der Waals surface area contributed by atoms with Crippen molar-refractivity contribution >= 4 is 17.6 Å². The molecule has 0 saturated heterocycles. The fourth-order valence-corrected chi connectivity index (χ4v) is 3.02. The van der Waals surface area contributed by atoms with E-state index >= 15 is 0 Å². The maximum absolute atomic E-state index is 11.9. The molecule has 4 heteroatoms. The molecule has 1 aliphatic rings. The van der Waals surface area contributed by atoms with Crippen molar-refractivity contribution < 1.29 is 14.7 Å². The number of rotatable bonds is 4. The molecular weight excluding hydrogens is 266 g/mol. The Balaban J connectivity index is 2.56. The predicted octanol–water partition coefficient (Wildman–Crippen LogP) is 3.17. The van der Waals surface area contributed by atoms with Gasteiger partial charge in [0.1, 0.15) is 6.54 Å². The lowest BCUT2D eigenvalue weighted by molar-refractivity contribution is -0.136. The van der Waals surface area contributed by atoms with E-state index in [1.54, 1.807) is 0 Å². The van der Waals surface area contributed by atoms with Gasteiger partial charge in [0.15, 0.2) is 0 Å². The summed E-state index contributed by atoms with van der Waals surface area (Å²) in [4.78, 5) is 24.4. The van der Waals surface area contributed by atoms with Gasteiger partial charge in [0, 0.05) is 12.8 Å². The highest BCUT2D eigenvalue weighted by Crippen LogP contribution is 2.38. The van der Waals surface area contributed by atoms with E-state index in [9.17, 15) is 9.59 Å². The summed E-state index contributed by atoms with van der Waals surface area (Å²) in [6.07, 6.45) is 6.32. The van der Waals surface area contributed by atoms with Crippen molar-refractivity contribution in [1.29, 1.82) is 0 Å². The minimum absolute atomic E-state index is 0.243. The number of aryl methyl sites for hydroxylation is 2. The molecule has 21 heavy (non-hydrogen) atoms. The number of aliphatic carboxylic acids is 1. The smallest absolute Gasteiger partial charge is 0.323 e. The predicted molar refractivity (Wildman–Crippen MR) is 82.7 cm³/mol. The van der Waals surface area contributed by atoms with Gasteiger partial charge in [-0.05, 0) is 37.8 Å². The molecule has 1 atom stereocenters. The lowest BCUT2D eigenvalue weighted by Crippen LogP contribution is -2.35. The zero-order valence-corrected chi connectivity index (χ0v) is 12.7. The molecule has 0 aliphatic heterocycles. The average molecular weight is 287 g/mol. The van der Waals surface area contributed by atoms with Gasteiger partial charge in [-0.1, -0.05) is 29.8 Å². The zero-order chi connectivity index (χ0) is 15.6. The Bertz CT molecular complexity index is 604. The maximum atomic E-state index is 11.9. The van der Waals surface area contributed by atoms with E-state index in [4.69, 9.17) is 5.11 Å². The molecule has 4 nitrogen and oxygen atoms in total. The Morgan fingerprint density at radius 2 is 2.05 bits per heavy atom. The average Bonchev–Trinajstić information content (AvgIpc) is 2.89. The largest absolute Gasteiger partial charge is 0.480 e. The van der Waals surface area contributed by atoms with Gasteiger partial charge in [0.05, 0.1) is 5.69 Å². The molecule has 1 unspecified atom stereocenters. The standard InChI is InChI=1S/C17H21NO3/c1-11-8-12(2)17(18(13(3)19)10-16(20)21)15(9-11)14-6-4-5-7-14/h4,6,8-9,14H,5,7,10H2,1-3H3,(H,20,21). The van der Waals surface area contributed by atoms with E-state index in [0.29, 0.717) is 0 Å². The second-order valence-electron chi connectivity index (χ2n) is 5.63. The van der Waals surface area contributed by atoms with Gasteiger partial charge < -0.3 is 10.0 Å². The van der Waals surface area contributed by atoms with Crippen molar-refractivity contribution in [2.75, 3.05) is 11.4 Å². The monoisotopic (exact) mass is 287 g/mol. The number of nitrogens with zero attached hydrogens (tertiary/aromatic N) is 1. The highest BCUT2D eigenvalue weighted by molar-refractivity contribution is 5.97. The van der Waals surface area contributed by atoms with E-state index in [0.717, 1.165) is 35.2 Å². The van der Waals surface area contributed by atoms with Gasteiger partial charge in [-0.25, -0.2) is 0 Å². The molecule has 0 aromatic heterocycles. The number of carbonyl (C=O) groups excluding carboxylic acids is 1. The summed E-state index contributed by atoms with van der Waals surface area (Å²) in [5, 5.41) is 9.09. The van der Waals surface area contributed by atoms with Crippen LogP contribution in [0.1, 0.15) is 42.4 Å². The number of hydrogen-bond donors (Lipinski definition) is 1. The van der Waals surface area contributed by atoms with Crippen molar-refractivity contribution in [3.05, 3.63) is 41.0 Å². The van der Waals surface area contributed by atoms with E-state index in [1.165, 1.54) is 11.8 Å². The molecular formula is C17H21NO3. The van der Waals surface area contributed by atoms with E-state index in [-0.39, 0.29) is 18.4 Å². The Kier molecular flexibility index (Phi) is 4.46. The number of hydrogen-bond acceptors (Lipinski definition) is 2. The zero-order valence-electron chi connectivity index (χ0n) is 12.7. The molecule has 0 fully saturated rings. The number of allylic oxidation sites excluding steroid dienone is 2. The lowest BCUT2D eigenvalue weighted by Gasteiger charge is -2.27. The van der Waals surface area contributed by atoms with Gasteiger partial charge in [-0.15, -0.1) is 0 Å². The molecule has 112 valence electrons. The number of carboxylic acid groups (broad SMARTS) is 1. The minimum atomic E-state index is -1.00. The number of benzene rings is 1. The Morgan fingerprint density at radius 3 is 2.57 bits per heavy atom. The van der Waals surface area contributed by atoms with Crippen LogP contribution in [0.4, 0.5) is 5.69 Å². The molecule has 0 saturated carbocycles. The van der Waals surface area contributed by atoms with E-state index in [1.807, 2.05) is 19.9 Å². The van der Waals surface area contributed by atoms with Crippen molar-refractivity contribution in [1.82, 2.24) is 0 Å². The first kappa shape index (κ1) is 15.3. The molecule has 0 spiro atoms. The first-order valence-corrected chi connectivity index (χ1v) is 7.18. The van der Waals surface area contributed by atoms with Crippen molar-refractivity contribution in [2.24, 2.45) is 0 Å². The molecule has 1 N–H and O–H groups in total. The number of amides is 1. The van der Waals surface area contributed by atoms with Gasteiger partial charge in [-0.3, -0.25) is 9.59 Å². The molecule has 0 bridgehead atoms. The van der Waals surface area contributed by atoms with Crippen molar-refractivity contribution in [3.63, 3.8) is 0 Å². The Labute approximate surface area is 125 Å². The molecule has 1 aromatic rings. The lowest BCUT2D eigenvalue weighted by atomic mass is 9.92. The van der Waals surface area contributed by atoms with Crippen LogP contribution in [0.2, 0.25) is 0 Å². The number of anilines is 1. The van der Waals surface area contributed by atoms with E-state index < -0.39 is 5.97 Å². The third-order valence-electron chi connectivity index (χ3n) is 3.83. The maximum Gasteiger partial charge on any atom is 0.323 e. The SMILES string of the molecule is CC(=O)N(CC(=O)O)c1c(C)cc(C)cc1C1C=CCC1. The Hall–Kier alpha value is -2.10. The van der Waals surface area contributed by atoms with Crippen LogP contribution in [-0.4, -0.2) is 23.5 Å². The molecule has 1 aliphatic carbocycles. The van der Waals surface area contributed by atoms with Crippen LogP contribution in [-0.2, 0) is 9.59 Å². The van der Waals surface area contributed by atoms with Crippen LogP contribution >= 0.6 is 0 Å². The second-order valence-corrected chi connectivity index (χ2v) is 5.63. The van der Waals surface area contributed by atoms with Gasteiger partial charge in [-0.2, -0.15) is 0 Å². The highest BCUT2D eigenvalue weighted by atomic mass is 16.4. The third kappa shape index (κ3) is 3.32. The quantitative estimate of drug-likeness (QED) is 0.865. The fourth-order valence-electron chi connectivity index (χ4n) is 3.02. The topological polar surface area (TPSA) is 57.6 Å². The summed E-state index contributed by atoms with van der Waals surface area (Å²) in [6.45, 7) is 5.07. The van der Waals surface area contributed by atoms with Crippen LogP contribution in [0, 0.1) is 13.8 Å². The number of carbonyl (C=O) groups is 2. The second kappa shape index (κ2) is 6.12. The molecule has 1 amide bonds. The summed E-state index contributed by atoms with van der Waals surface area (Å²) >= 11 is 0. The fraction of sp³-hybridized carbons (Fsp3) is 0.412. The summed E-state index contributed by atoms with van der Waals surface area (Å²) < 4.78 is 0. The van der Waals surface area contributed by atoms with Gasteiger partial charge in [0.25, 0.3) is 0 Å². The molecule has 2 rings (SSSR count). The molecule has 0 radical (unpaired) electrons. The van der Waals surface area contributed by atoms with E-state index in [2.05, 4.69) is 18.2 Å². The highest BCUT2D eigenvalue weighted by Gasteiger charge is 2.24. The summed E-state index contributed by atoms with van der Waals surface area (Å²) in [5.41, 5.74) is 3.89. The normalized spacial score (nSPS) is 17.0. The summed E-state index contributed by atoms with van der Waals surface area (Å²) in [7, 11) is 0. The van der Waals surface area contributed by atoms with Crippen molar-refractivity contribution in [2.45, 2.75) is 39.5 Å². The Morgan fingerprint density at radius 1 is 1.33 bits per heavy atom. The summed E-state index contributed by atoms with van der Waals surface area (Å²) in [5.74, 6) is -0.986.